The van der Waals surface area contributed by atoms with E-state index < -0.39 is 17.7 Å². The SMILES string of the molecule is COC(=O)c1cn(CC(=O)N(Cc2ccc(C(F)(F)F)cc2)C2CC2)nn1. The van der Waals surface area contributed by atoms with E-state index in [0.29, 0.717) is 5.56 Å². The van der Waals surface area contributed by atoms with Crippen molar-refractivity contribution in [3.8, 4) is 0 Å². The molecule has 0 bridgehead atoms. The van der Waals surface area contributed by atoms with Crippen LogP contribution in [0.3, 0.4) is 0 Å². The van der Waals surface area contributed by atoms with Gasteiger partial charge < -0.3 is 9.64 Å². The molecule has 1 saturated carbocycles. The first-order valence-electron chi connectivity index (χ1n) is 8.22. The molecule has 1 heterocycles. The van der Waals surface area contributed by atoms with Crippen LogP contribution in [0.2, 0.25) is 0 Å². The number of carbonyl (C=O) groups excluding carboxylic acids is 2. The number of halogens is 3. The van der Waals surface area contributed by atoms with Crippen molar-refractivity contribution in [2.45, 2.75) is 38.1 Å². The fraction of sp³-hybridized carbons (Fsp3) is 0.412. The van der Waals surface area contributed by atoms with E-state index in [-0.39, 0.29) is 30.7 Å². The van der Waals surface area contributed by atoms with Crippen molar-refractivity contribution in [2.75, 3.05) is 7.11 Å². The van der Waals surface area contributed by atoms with Crippen LogP contribution in [0.1, 0.15) is 34.5 Å². The smallest absolute Gasteiger partial charge is 0.416 e. The summed E-state index contributed by atoms with van der Waals surface area (Å²) in [5.74, 6) is -0.906. The van der Waals surface area contributed by atoms with Crippen molar-refractivity contribution < 1.29 is 27.5 Å². The average Bonchev–Trinajstić information content (AvgIpc) is 3.37. The lowest BCUT2D eigenvalue weighted by Gasteiger charge is -2.22. The molecule has 0 aliphatic heterocycles. The average molecular weight is 382 g/mol. The van der Waals surface area contributed by atoms with Gasteiger partial charge in [-0.3, -0.25) is 4.79 Å². The molecular weight excluding hydrogens is 365 g/mol. The maximum atomic E-state index is 12.7. The highest BCUT2D eigenvalue weighted by molar-refractivity contribution is 5.86. The van der Waals surface area contributed by atoms with Gasteiger partial charge in [0.1, 0.15) is 6.54 Å². The molecule has 1 aliphatic carbocycles. The molecule has 0 atom stereocenters. The summed E-state index contributed by atoms with van der Waals surface area (Å²) < 4.78 is 43.8. The van der Waals surface area contributed by atoms with Gasteiger partial charge >= 0.3 is 12.1 Å². The molecule has 1 aromatic heterocycles. The van der Waals surface area contributed by atoms with Crippen molar-refractivity contribution in [3.05, 3.63) is 47.3 Å². The third-order valence-corrected chi connectivity index (χ3v) is 4.17. The van der Waals surface area contributed by atoms with Crippen LogP contribution in [-0.2, 0) is 28.8 Å². The van der Waals surface area contributed by atoms with E-state index in [2.05, 4.69) is 15.0 Å². The number of aromatic nitrogens is 3. The van der Waals surface area contributed by atoms with E-state index in [9.17, 15) is 22.8 Å². The third kappa shape index (κ3) is 4.63. The van der Waals surface area contributed by atoms with Gasteiger partial charge in [0, 0.05) is 12.6 Å². The van der Waals surface area contributed by atoms with E-state index in [1.165, 1.54) is 30.1 Å². The van der Waals surface area contributed by atoms with Gasteiger partial charge in [-0.1, -0.05) is 17.3 Å². The van der Waals surface area contributed by atoms with Crippen LogP contribution in [0.15, 0.2) is 30.5 Å². The fourth-order valence-corrected chi connectivity index (χ4v) is 2.61. The number of hydrogen-bond donors (Lipinski definition) is 0. The molecule has 7 nitrogen and oxygen atoms in total. The molecule has 0 spiro atoms. The van der Waals surface area contributed by atoms with Crippen LogP contribution in [0, 0.1) is 0 Å². The molecule has 1 aromatic carbocycles. The van der Waals surface area contributed by atoms with Gasteiger partial charge in [0.2, 0.25) is 5.91 Å². The summed E-state index contributed by atoms with van der Waals surface area (Å²) in [5.41, 5.74) is -0.128. The maximum Gasteiger partial charge on any atom is 0.416 e. The molecule has 0 N–H and O–H groups in total. The zero-order valence-electron chi connectivity index (χ0n) is 14.4. The first kappa shape index (κ1) is 18.9. The Balaban J connectivity index is 1.67. The lowest BCUT2D eigenvalue weighted by molar-refractivity contribution is -0.137. The van der Waals surface area contributed by atoms with Crippen LogP contribution in [0.25, 0.3) is 0 Å². The van der Waals surface area contributed by atoms with Crippen molar-refractivity contribution in [1.29, 1.82) is 0 Å². The number of rotatable bonds is 6. The van der Waals surface area contributed by atoms with Gasteiger partial charge in [-0.15, -0.1) is 5.10 Å². The van der Waals surface area contributed by atoms with Crippen LogP contribution < -0.4 is 0 Å². The second kappa shape index (κ2) is 7.37. The predicted octanol–water partition coefficient (Wildman–Crippen LogP) is 2.27. The third-order valence-electron chi connectivity index (χ3n) is 4.17. The standard InChI is InChI=1S/C17H17F3N4O3/c1-27-16(26)14-9-23(22-21-14)10-15(25)24(13-6-7-13)8-11-2-4-12(5-3-11)17(18,19)20/h2-5,9,13H,6-8,10H2,1H3. The van der Waals surface area contributed by atoms with Gasteiger partial charge in [0.25, 0.3) is 0 Å². The Bertz CT molecular complexity index is 829. The van der Waals surface area contributed by atoms with Crippen molar-refractivity contribution in [3.63, 3.8) is 0 Å². The summed E-state index contributed by atoms with van der Waals surface area (Å²) in [6, 6.07) is 4.81. The molecule has 1 amide bonds. The number of methoxy groups -OCH3 is 1. The van der Waals surface area contributed by atoms with Crippen molar-refractivity contribution >= 4 is 11.9 Å². The number of carbonyl (C=O) groups is 2. The van der Waals surface area contributed by atoms with Crippen molar-refractivity contribution in [1.82, 2.24) is 19.9 Å². The molecule has 27 heavy (non-hydrogen) atoms. The molecule has 1 aliphatic rings. The minimum absolute atomic E-state index is 0.00832. The van der Waals surface area contributed by atoms with Gasteiger partial charge in [0.15, 0.2) is 5.69 Å². The molecule has 3 rings (SSSR count). The lowest BCUT2D eigenvalue weighted by Crippen LogP contribution is -2.35. The van der Waals surface area contributed by atoms with Crippen molar-refractivity contribution in [2.24, 2.45) is 0 Å². The fourth-order valence-electron chi connectivity index (χ4n) is 2.61. The summed E-state index contributed by atoms with van der Waals surface area (Å²) in [7, 11) is 1.21. The minimum atomic E-state index is -4.39. The lowest BCUT2D eigenvalue weighted by atomic mass is 10.1. The topological polar surface area (TPSA) is 77.3 Å². The quantitative estimate of drug-likeness (QED) is 0.717. The van der Waals surface area contributed by atoms with E-state index >= 15 is 0 Å². The Morgan fingerprint density at radius 3 is 2.48 bits per heavy atom. The first-order chi connectivity index (χ1) is 12.8. The highest BCUT2D eigenvalue weighted by atomic mass is 19.4. The second-order valence-electron chi connectivity index (χ2n) is 6.24. The maximum absolute atomic E-state index is 12.7. The molecule has 10 heteroatoms. The van der Waals surface area contributed by atoms with Gasteiger partial charge in [0.05, 0.1) is 18.9 Å². The number of nitrogens with zero attached hydrogens (tertiary/aromatic N) is 4. The Kier molecular flexibility index (Phi) is 5.15. The van der Waals surface area contributed by atoms with E-state index in [0.717, 1.165) is 25.0 Å². The van der Waals surface area contributed by atoms with Crippen LogP contribution in [0.4, 0.5) is 13.2 Å². The van der Waals surface area contributed by atoms with Gasteiger partial charge in [-0.25, -0.2) is 9.48 Å². The predicted molar refractivity (Wildman–Crippen MR) is 86.4 cm³/mol. The van der Waals surface area contributed by atoms with E-state index in [1.54, 1.807) is 4.90 Å². The number of hydrogen-bond acceptors (Lipinski definition) is 5. The number of alkyl halides is 3. The largest absolute Gasteiger partial charge is 0.464 e. The molecular formula is C17H17F3N4O3. The van der Waals surface area contributed by atoms with Crippen LogP contribution >= 0.6 is 0 Å². The summed E-state index contributed by atoms with van der Waals surface area (Å²) in [6.07, 6.45) is -1.39. The van der Waals surface area contributed by atoms with Crippen LogP contribution in [0.5, 0.6) is 0 Å². The zero-order valence-corrected chi connectivity index (χ0v) is 14.4. The first-order valence-corrected chi connectivity index (χ1v) is 8.22. The van der Waals surface area contributed by atoms with Gasteiger partial charge in [-0.2, -0.15) is 13.2 Å². The van der Waals surface area contributed by atoms with Gasteiger partial charge in [-0.05, 0) is 30.5 Å². The molecule has 144 valence electrons. The molecule has 1 fully saturated rings. The molecule has 0 radical (unpaired) electrons. The monoisotopic (exact) mass is 382 g/mol. The summed E-state index contributed by atoms with van der Waals surface area (Å²) in [5, 5.41) is 7.36. The number of esters is 1. The highest BCUT2D eigenvalue weighted by Crippen LogP contribution is 2.31. The second-order valence-corrected chi connectivity index (χ2v) is 6.24. The summed E-state index contributed by atoms with van der Waals surface area (Å²) in [4.78, 5) is 25.6. The number of benzene rings is 1. The molecule has 2 aromatic rings. The zero-order chi connectivity index (χ0) is 19.6. The Labute approximate surface area is 152 Å². The molecule has 0 saturated heterocycles. The minimum Gasteiger partial charge on any atom is -0.464 e. The highest BCUT2D eigenvalue weighted by Gasteiger charge is 2.33. The van der Waals surface area contributed by atoms with E-state index in [1.807, 2.05) is 0 Å². The summed E-state index contributed by atoms with van der Waals surface area (Å²) in [6.45, 7) is 0.0846. The number of ether oxygens (including phenoxy) is 1. The Morgan fingerprint density at radius 2 is 1.93 bits per heavy atom. The normalized spacial score (nSPS) is 14.1. The van der Waals surface area contributed by atoms with E-state index in [4.69, 9.17) is 0 Å². The molecule has 0 unspecified atom stereocenters. The number of amides is 1. The summed E-state index contributed by atoms with van der Waals surface area (Å²) >= 11 is 0. The Morgan fingerprint density at radius 1 is 1.26 bits per heavy atom. The Hall–Kier alpha value is -2.91. The van der Waals surface area contributed by atoms with Crippen LogP contribution in [-0.4, -0.2) is 44.9 Å².